The number of non-ortho nitro benzene ring substituents is 1. The summed E-state index contributed by atoms with van der Waals surface area (Å²) in [7, 11) is 0. The molecule has 17 heavy (non-hydrogen) atoms. The molecule has 0 saturated carbocycles. The number of hydrogen-bond acceptors (Lipinski definition) is 6. The maximum absolute atomic E-state index is 10.6. The van der Waals surface area contributed by atoms with Crippen LogP contribution in [0.3, 0.4) is 0 Å². The summed E-state index contributed by atoms with van der Waals surface area (Å²) in [4.78, 5) is 10.1. The van der Waals surface area contributed by atoms with Crippen LogP contribution in [0.25, 0.3) is 0 Å². The highest BCUT2D eigenvalue weighted by atomic mass is 79.9. The van der Waals surface area contributed by atoms with Gasteiger partial charge in [-0.3, -0.25) is 10.1 Å². The first kappa shape index (κ1) is 12.2. The Morgan fingerprint density at radius 3 is 2.82 bits per heavy atom. The lowest BCUT2D eigenvalue weighted by Crippen LogP contribution is -1.91. The highest BCUT2D eigenvalue weighted by Crippen LogP contribution is 2.34. The molecule has 6 nitrogen and oxygen atoms in total. The second kappa shape index (κ2) is 4.94. The third-order valence-corrected chi connectivity index (χ3v) is 3.27. The lowest BCUT2D eigenvalue weighted by molar-refractivity contribution is -0.384. The fourth-order valence-corrected chi connectivity index (χ4v) is 1.96. The predicted octanol–water partition coefficient (Wildman–Crippen LogP) is 3.65. The first-order valence-corrected chi connectivity index (χ1v) is 6.08. The van der Waals surface area contributed by atoms with Crippen LogP contribution in [0.2, 0.25) is 5.15 Å². The Hall–Kier alpha value is -1.25. The fraction of sp³-hybridized carbons (Fsp3) is 0. The van der Waals surface area contributed by atoms with Crippen LogP contribution in [0.4, 0.5) is 5.69 Å². The lowest BCUT2D eigenvalue weighted by Gasteiger charge is -2.04. The van der Waals surface area contributed by atoms with E-state index in [4.69, 9.17) is 16.3 Å². The van der Waals surface area contributed by atoms with Gasteiger partial charge >= 0.3 is 0 Å². The summed E-state index contributed by atoms with van der Waals surface area (Å²) in [6.07, 6.45) is 0. The number of halogens is 2. The molecular weight excluding hydrogens is 334 g/mol. The summed E-state index contributed by atoms with van der Waals surface area (Å²) in [6.45, 7) is 0. The van der Waals surface area contributed by atoms with Crippen molar-refractivity contribution in [3.05, 3.63) is 37.9 Å². The van der Waals surface area contributed by atoms with Crippen molar-refractivity contribution in [3.63, 3.8) is 0 Å². The Balaban J connectivity index is 2.35. The molecule has 0 aliphatic rings. The van der Waals surface area contributed by atoms with Gasteiger partial charge in [-0.2, -0.15) is 4.37 Å². The fourth-order valence-electron chi connectivity index (χ4n) is 1.02. The molecule has 0 aliphatic heterocycles. The Labute approximate surface area is 113 Å². The number of aromatic nitrogens is 2. The maximum Gasteiger partial charge on any atom is 0.273 e. The van der Waals surface area contributed by atoms with Crippen LogP contribution in [0.1, 0.15) is 0 Å². The van der Waals surface area contributed by atoms with Gasteiger partial charge in [0.05, 0.1) is 27.2 Å². The van der Waals surface area contributed by atoms with Crippen LogP contribution in [0, 0.1) is 10.1 Å². The summed E-state index contributed by atoms with van der Waals surface area (Å²) >= 11 is 9.82. The zero-order valence-electron chi connectivity index (χ0n) is 7.96. The van der Waals surface area contributed by atoms with E-state index < -0.39 is 4.92 Å². The van der Waals surface area contributed by atoms with Gasteiger partial charge in [-0.25, -0.2) is 0 Å². The molecule has 0 unspecified atom stereocenters. The summed E-state index contributed by atoms with van der Waals surface area (Å²) in [5.74, 6) is 0.381. The van der Waals surface area contributed by atoms with Crippen molar-refractivity contribution in [2.75, 3.05) is 0 Å². The van der Waals surface area contributed by atoms with Crippen LogP contribution in [0.15, 0.2) is 22.7 Å². The van der Waals surface area contributed by atoms with Crippen molar-refractivity contribution < 1.29 is 9.66 Å². The van der Waals surface area contributed by atoms with Crippen molar-refractivity contribution in [1.29, 1.82) is 0 Å². The molecule has 0 fully saturated rings. The molecule has 0 aliphatic carbocycles. The third-order valence-electron chi connectivity index (χ3n) is 1.75. The molecule has 88 valence electrons. The minimum atomic E-state index is -0.514. The molecule has 9 heteroatoms. The van der Waals surface area contributed by atoms with Gasteiger partial charge in [-0.15, -0.1) is 4.37 Å². The first-order chi connectivity index (χ1) is 8.08. The van der Waals surface area contributed by atoms with Gasteiger partial charge in [0.1, 0.15) is 0 Å². The number of hydrogen-bond donors (Lipinski definition) is 0. The molecule has 0 atom stereocenters. The molecule has 0 radical (unpaired) electrons. The molecule has 0 bridgehead atoms. The molecule has 0 N–H and O–H groups in total. The number of ether oxygens (including phenoxy) is 1. The summed E-state index contributed by atoms with van der Waals surface area (Å²) in [5.41, 5.74) is -0.0810. The van der Waals surface area contributed by atoms with Crippen LogP contribution >= 0.6 is 39.3 Å². The van der Waals surface area contributed by atoms with Crippen LogP contribution in [-0.2, 0) is 0 Å². The van der Waals surface area contributed by atoms with Crippen molar-refractivity contribution in [2.24, 2.45) is 0 Å². The first-order valence-electron chi connectivity index (χ1n) is 4.18. The van der Waals surface area contributed by atoms with E-state index in [1.807, 2.05) is 0 Å². The van der Waals surface area contributed by atoms with Gasteiger partial charge in [0, 0.05) is 6.07 Å². The zero-order chi connectivity index (χ0) is 12.4. The molecular formula is C8H3BrClN3O3S. The van der Waals surface area contributed by atoms with E-state index in [-0.39, 0.29) is 22.5 Å². The van der Waals surface area contributed by atoms with E-state index in [0.29, 0.717) is 4.47 Å². The average Bonchev–Trinajstić information content (AvgIpc) is 2.67. The number of rotatable bonds is 3. The van der Waals surface area contributed by atoms with Gasteiger partial charge in [-0.1, -0.05) is 11.6 Å². The Morgan fingerprint density at radius 2 is 2.24 bits per heavy atom. The Morgan fingerprint density at radius 1 is 1.47 bits per heavy atom. The van der Waals surface area contributed by atoms with E-state index in [2.05, 4.69) is 24.7 Å². The molecule has 2 aromatic rings. The lowest BCUT2D eigenvalue weighted by atomic mass is 10.3. The van der Waals surface area contributed by atoms with Gasteiger partial charge in [0.25, 0.3) is 11.6 Å². The predicted molar refractivity (Wildman–Crippen MR) is 65.8 cm³/mol. The Kier molecular flexibility index (Phi) is 3.55. The van der Waals surface area contributed by atoms with E-state index in [1.54, 1.807) is 0 Å². The standard InChI is InChI=1S/C8H3BrClN3O3S/c9-5-2-1-4(13(14)15)3-6(5)16-8-7(10)11-17-12-8/h1-3H. The van der Waals surface area contributed by atoms with Crippen molar-refractivity contribution in [1.82, 2.24) is 8.75 Å². The SMILES string of the molecule is O=[N+]([O-])c1ccc(Br)c(Oc2nsnc2Cl)c1. The molecule has 2 rings (SSSR count). The Bertz CT molecular complexity index is 577. The maximum atomic E-state index is 10.6. The molecule has 1 aromatic carbocycles. The minimum absolute atomic E-state index is 0.0810. The zero-order valence-corrected chi connectivity index (χ0v) is 11.1. The van der Waals surface area contributed by atoms with Crippen molar-refractivity contribution in [3.8, 4) is 11.6 Å². The van der Waals surface area contributed by atoms with E-state index >= 15 is 0 Å². The quantitative estimate of drug-likeness (QED) is 0.631. The van der Waals surface area contributed by atoms with Gasteiger partial charge < -0.3 is 4.74 Å². The number of nitro groups is 1. The van der Waals surface area contributed by atoms with E-state index in [0.717, 1.165) is 11.7 Å². The van der Waals surface area contributed by atoms with Crippen LogP contribution in [0.5, 0.6) is 11.6 Å². The largest absolute Gasteiger partial charge is 0.434 e. The second-order valence-corrected chi connectivity index (χ2v) is 4.57. The van der Waals surface area contributed by atoms with Crippen molar-refractivity contribution in [2.45, 2.75) is 0 Å². The van der Waals surface area contributed by atoms with Crippen LogP contribution in [-0.4, -0.2) is 13.7 Å². The van der Waals surface area contributed by atoms with Gasteiger partial charge in [-0.05, 0) is 22.0 Å². The molecule has 0 amide bonds. The topological polar surface area (TPSA) is 78.2 Å². The summed E-state index contributed by atoms with van der Waals surface area (Å²) in [6, 6.07) is 4.15. The smallest absolute Gasteiger partial charge is 0.273 e. The van der Waals surface area contributed by atoms with Gasteiger partial charge in [0.2, 0.25) is 5.15 Å². The third kappa shape index (κ3) is 2.71. The monoisotopic (exact) mass is 335 g/mol. The van der Waals surface area contributed by atoms with Gasteiger partial charge in [0.15, 0.2) is 5.75 Å². The second-order valence-electron chi connectivity index (χ2n) is 2.83. The van der Waals surface area contributed by atoms with Crippen LogP contribution < -0.4 is 4.74 Å². The molecule has 1 heterocycles. The highest BCUT2D eigenvalue weighted by molar-refractivity contribution is 9.10. The number of nitro benzene ring substituents is 1. The normalized spacial score (nSPS) is 10.2. The van der Waals surface area contributed by atoms with E-state index in [1.165, 1.54) is 18.2 Å². The van der Waals surface area contributed by atoms with Crippen molar-refractivity contribution >= 4 is 44.9 Å². The van der Waals surface area contributed by atoms with E-state index in [9.17, 15) is 10.1 Å². The molecule has 0 saturated heterocycles. The number of benzene rings is 1. The molecule has 0 spiro atoms. The minimum Gasteiger partial charge on any atom is -0.434 e. The summed E-state index contributed by atoms with van der Waals surface area (Å²) in [5, 5.41) is 10.7. The summed E-state index contributed by atoms with van der Waals surface area (Å²) < 4.78 is 13.4. The highest BCUT2D eigenvalue weighted by Gasteiger charge is 2.14. The molecule has 1 aromatic heterocycles. The average molecular weight is 337 g/mol. The number of nitrogens with zero attached hydrogens (tertiary/aromatic N) is 3.